The van der Waals surface area contributed by atoms with Crippen molar-refractivity contribution in [2.24, 2.45) is 0 Å². The highest BCUT2D eigenvalue weighted by atomic mass is 35.5. The van der Waals surface area contributed by atoms with Crippen LogP contribution < -0.4 is 4.90 Å². The normalized spacial score (nSPS) is 18.6. The van der Waals surface area contributed by atoms with Crippen molar-refractivity contribution < 1.29 is 0 Å². The second kappa shape index (κ2) is 3.68. The van der Waals surface area contributed by atoms with Crippen LogP contribution in [0.25, 0.3) is 0 Å². The van der Waals surface area contributed by atoms with E-state index in [9.17, 15) is 0 Å². The van der Waals surface area contributed by atoms with Gasteiger partial charge in [-0.2, -0.15) is 0 Å². The van der Waals surface area contributed by atoms with Gasteiger partial charge in [-0.25, -0.2) is 0 Å². The molecule has 0 atom stereocenters. The second-order valence-corrected chi connectivity index (χ2v) is 4.34. The molecule has 0 spiro atoms. The van der Waals surface area contributed by atoms with Gasteiger partial charge >= 0.3 is 0 Å². The Bertz CT molecular complexity index is 368. The van der Waals surface area contributed by atoms with Crippen LogP contribution in [0.15, 0.2) is 54.8 Å². The fourth-order valence-corrected chi connectivity index (χ4v) is 1.79. The molecule has 0 unspecified atom stereocenters. The first kappa shape index (κ1) is 9.63. The molecule has 0 aromatic heterocycles. The third-order valence-electron chi connectivity index (χ3n) is 2.00. The Morgan fingerprint density at radius 2 is 1.71 bits per heavy atom. The Morgan fingerprint density at radius 3 is 2.36 bits per heavy atom. The van der Waals surface area contributed by atoms with Gasteiger partial charge in [0, 0.05) is 11.9 Å². The maximum absolute atomic E-state index is 6.13. The Labute approximate surface area is 93.2 Å². The van der Waals surface area contributed by atoms with Crippen LogP contribution in [0.5, 0.6) is 0 Å². The maximum atomic E-state index is 6.13. The number of hydrogen-bond acceptors (Lipinski definition) is 1. The van der Waals surface area contributed by atoms with Crippen molar-refractivity contribution >= 4 is 28.9 Å². The molecule has 0 saturated carbocycles. The number of hydrogen-bond donors (Lipinski definition) is 0. The van der Waals surface area contributed by atoms with Crippen LogP contribution in [0, 0.1) is 0 Å². The van der Waals surface area contributed by atoms with E-state index in [1.54, 1.807) is 11.0 Å². The highest BCUT2D eigenvalue weighted by Gasteiger charge is 2.29. The Balaban J connectivity index is 2.36. The first-order valence-electron chi connectivity index (χ1n) is 4.28. The smallest absolute Gasteiger partial charge is 0.213 e. The second-order valence-electron chi connectivity index (χ2n) is 2.99. The fourth-order valence-electron chi connectivity index (χ4n) is 1.33. The third-order valence-corrected chi connectivity index (χ3v) is 2.61. The van der Waals surface area contributed by atoms with Crippen molar-refractivity contribution in [3.05, 3.63) is 54.8 Å². The third kappa shape index (κ3) is 1.79. The van der Waals surface area contributed by atoms with Gasteiger partial charge in [0.25, 0.3) is 0 Å². The molecule has 1 nitrogen and oxygen atoms in total. The topological polar surface area (TPSA) is 3.24 Å². The molecule has 72 valence electrons. The first-order chi connectivity index (χ1) is 6.70. The van der Waals surface area contributed by atoms with Gasteiger partial charge in [0.05, 0.1) is 0 Å². The van der Waals surface area contributed by atoms with Crippen LogP contribution in [0.4, 0.5) is 5.69 Å². The molecule has 0 aliphatic carbocycles. The molecule has 1 heterocycles. The molecule has 1 aliphatic rings. The van der Waals surface area contributed by atoms with Crippen LogP contribution in [-0.2, 0) is 0 Å². The molecule has 0 saturated heterocycles. The van der Waals surface area contributed by atoms with Gasteiger partial charge in [0.15, 0.2) is 0 Å². The monoisotopic (exact) mass is 225 g/mol. The predicted octanol–water partition coefficient (Wildman–Crippen LogP) is 3.71. The molecular formula is C11H9Cl2N. The maximum Gasteiger partial charge on any atom is 0.213 e. The summed E-state index contributed by atoms with van der Waals surface area (Å²) in [6, 6.07) is 9.78. The van der Waals surface area contributed by atoms with E-state index in [0.717, 1.165) is 5.69 Å². The Morgan fingerprint density at radius 1 is 1.00 bits per heavy atom. The number of allylic oxidation sites excluding steroid dienone is 2. The molecule has 14 heavy (non-hydrogen) atoms. The summed E-state index contributed by atoms with van der Waals surface area (Å²) >= 11 is 12.3. The fraction of sp³-hybridized carbons (Fsp3) is 0.0909. The zero-order valence-electron chi connectivity index (χ0n) is 7.40. The SMILES string of the molecule is ClC1(Cl)C=CC=CN1c1ccccc1. The van der Waals surface area contributed by atoms with E-state index in [0.29, 0.717) is 0 Å². The summed E-state index contributed by atoms with van der Waals surface area (Å²) in [5.41, 5.74) is 0.970. The average molecular weight is 226 g/mol. The minimum Gasteiger partial charge on any atom is -0.313 e. The summed E-state index contributed by atoms with van der Waals surface area (Å²) in [5, 5.41) is 0. The van der Waals surface area contributed by atoms with Crippen LogP contribution >= 0.6 is 23.2 Å². The summed E-state index contributed by atoms with van der Waals surface area (Å²) in [6.07, 6.45) is 7.33. The van der Waals surface area contributed by atoms with E-state index in [4.69, 9.17) is 23.2 Å². The summed E-state index contributed by atoms with van der Waals surface area (Å²) < 4.78 is -0.990. The average Bonchev–Trinajstić information content (AvgIpc) is 2.18. The van der Waals surface area contributed by atoms with Crippen molar-refractivity contribution in [3.8, 4) is 0 Å². The molecular weight excluding hydrogens is 217 g/mol. The van der Waals surface area contributed by atoms with Crippen LogP contribution in [-0.4, -0.2) is 4.46 Å². The highest BCUT2D eigenvalue weighted by molar-refractivity contribution is 6.51. The number of rotatable bonds is 1. The molecule has 0 amide bonds. The molecule has 1 aliphatic heterocycles. The molecule has 0 radical (unpaired) electrons. The quantitative estimate of drug-likeness (QED) is 0.521. The highest BCUT2D eigenvalue weighted by Crippen LogP contribution is 2.34. The number of nitrogens with zero attached hydrogens (tertiary/aromatic N) is 1. The molecule has 0 N–H and O–H groups in total. The van der Waals surface area contributed by atoms with E-state index >= 15 is 0 Å². The summed E-state index contributed by atoms with van der Waals surface area (Å²) in [7, 11) is 0. The number of benzene rings is 1. The standard InChI is InChI=1S/C11H9Cl2N/c12-11(13)8-4-5-9-14(11)10-6-2-1-3-7-10/h1-9H. The molecule has 1 aromatic rings. The van der Waals surface area contributed by atoms with Gasteiger partial charge in [-0.3, -0.25) is 0 Å². The molecule has 0 fully saturated rings. The van der Waals surface area contributed by atoms with Gasteiger partial charge in [-0.15, -0.1) is 0 Å². The molecule has 1 aromatic carbocycles. The van der Waals surface area contributed by atoms with Crippen LogP contribution in [0.3, 0.4) is 0 Å². The zero-order valence-corrected chi connectivity index (χ0v) is 8.91. The Kier molecular flexibility index (Phi) is 2.53. The van der Waals surface area contributed by atoms with Gasteiger partial charge < -0.3 is 4.90 Å². The largest absolute Gasteiger partial charge is 0.313 e. The van der Waals surface area contributed by atoms with Crippen molar-refractivity contribution in [2.45, 2.75) is 4.46 Å². The van der Waals surface area contributed by atoms with Crippen LogP contribution in [0.2, 0.25) is 0 Å². The number of para-hydroxylation sites is 1. The summed E-state index contributed by atoms with van der Waals surface area (Å²) in [5.74, 6) is 0. The number of halogens is 2. The van der Waals surface area contributed by atoms with E-state index in [2.05, 4.69) is 0 Å². The van der Waals surface area contributed by atoms with E-state index in [1.165, 1.54) is 0 Å². The number of alkyl halides is 2. The van der Waals surface area contributed by atoms with Gasteiger partial charge in [0.1, 0.15) is 0 Å². The van der Waals surface area contributed by atoms with Gasteiger partial charge in [-0.1, -0.05) is 47.5 Å². The summed E-state index contributed by atoms with van der Waals surface area (Å²) in [6.45, 7) is 0. The molecule has 2 rings (SSSR count). The number of anilines is 1. The molecule has 3 heteroatoms. The minimum atomic E-state index is -0.990. The predicted molar refractivity (Wildman–Crippen MR) is 61.6 cm³/mol. The lowest BCUT2D eigenvalue weighted by Gasteiger charge is -2.32. The van der Waals surface area contributed by atoms with E-state index in [-0.39, 0.29) is 0 Å². The first-order valence-corrected chi connectivity index (χ1v) is 5.04. The lowest BCUT2D eigenvalue weighted by atomic mass is 10.2. The van der Waals surface area contributed by atoms with Crippen molar-refractivity contribution in [3.63, 3.8) is 0 Å². The van der Waals surface area contributed by atoms with Crippen molar-refractivity contribution in [1.82, 2.24) is 0 Å². The van der Waals surface area contributed by atoms with Crippen LogP contribution in [0.1, 0.15) is 0 Å². The minimum absolute atomic E-state index is 0.970. The van der Waals surface area contributed by atoms with Crippen molar-refractivity contribution in [2.75, 3.05) is 4.90 Å². The lowest BCUT2D eigenvalue weighted by Crippen LogP contribution is -2.34. The van der Waals surface area contributed by atoms with Crippen molar-refractivity contribution in [1.29, 1.82) is 0 Å². The zero-order chi connectivity index (χ0) is 10.0. The van der Waals surface area contributed by atoms with E-state index in [1.807, 2.05) is 48.7 Å². The Hall–Kier alpha value is -0.920. The van der Waals surface area contributed by atoms with Gasteiger partial charge in [-0.05, 0) is 24.3 Å². The van der Waals surface area contributed by atoms with Gasteiger partial charge in [0.2, 0.25) is 4.46 Å². The van der Waals surface area contributed by atoms with E-state index < -0.39 is 4.46 Å². The summed E-state index contributed by atoms with van der Waals surface area (Å²) in [4.78, 5) is 1.80. The lowest BCUT2D eigenvalue weighted by molar-refractivity contribution is 0.930. The molecule has 0 bridgehead atoms.